The lowest BCUT2D eigenvalue weighted by Crippen LogP contribution is -2.20. The van der Waals surface area contributed by atoms with Crippen molar-refractivity contribution >= 4 is 0 Å². The van der Waals surface area contributed by atoms with Gasteiger partial charge >= 0.3 is 0 Å². The van der Waals surface area contributed by atoms with E-state index in [-0.39, 0.29) is 0 Å². The van der Waals surface area contributed by atoms with Crippen LogP contribution in [0.2, 0.25) is 0 Å². The van der Waals surface area contributed by atoms with Gasteiger partial charge in [-0.05, 0) is 23.3 Å². The number of aromatic nitrogens is 3. The monoisotopic (exact) mass is 308 g/mol. The average Bonchev–Trinajstić information content (AvgIpc) is 3.04. The van der Waals surface area contributed by atoms with E-state index in [1.165, 1.54) is 5.56 Å². The van der Waals surface area contributed by atoms with Crippen molar-refractivity contribution in [2.45, 2.75) is 19.2 Å². The number of aliphatic hydroxyl groups is 1. The maximum Gasteiger partial charge on any atom is 0.0915 e. The second-order valence-corrected chi connectivity index (χ2v) is 5.46. The van der Waals surface area contributed by atoms with Crippen LogP contribution >= 0.6 is 0 Å². The lowest BCUT2D eigenvalue weighted by molar-refractivity contribution is 0.174. The molecule has 5 heteroatoms. The van der Waals surface area contributed by atoms with Gasteiger partial charge in [0.1, 0.15) is 0 Å². The van der Waals surface area contributed by atoms with Crippen molar-refractivity contribution in [3.8, 4) is 0 Å². The number of benzene rings is 1. The molecule has 0 spiro atoms. The van der Waals surface area contributed by atoms with E-state index in [2.05, 4.69) is 27.5 Å². The highest BCUT2D eigenvalue weighted by molar-refractivity contribution is 5.16. The van der Waals surface area contributed by atoms with Crippen LogP contribution < -0.4 is 5.32 Å². The van der Waals surface area contributed by atoms with Crippen molar-refractivity contribution in [2.24, 2.45) is 0 Å². The van der Waals surface area contributed by atoms with Gasteiger partial charge in [0.2, 0.25) is 0 Å². The quantitative estimate of drug-likeness (QED) is 0.702. The van der Waals surface area contributed by atoms with Gasteiger partial charge in [0.15, 0.2) is 0 Å². The molecular formula is C18H20N4O. The zero-order chi connectivity index (χ0) is 15.9. The predicted molar refractivity (Wildman–Crippen MR) is 88.7 cm³/mol. The molecule has 1 unspecified atom stereocenters. The molecule has 3 rings (SSSR count). The minimum atomic E-state index is -0.530. The number of nitrogens with one attached hydrogen (secondary N) is 1. The van der Waals surface area contributed by atoms with Gasteiger partial charge in [-0.25, -0.2) is 0 Å². The molecule has 23 heavy (non-hydrogen) atoms. The van der Waals surface area contributed by atoms with Gasteiger partial charge in [0.05, 0.1) is 18.8 Å². The zero-order valence-electron chi connectivity index (χ0n) is 12.8. The number of aliphatic hydroxyl groups excluding tert-OH is 1. The Morgan fingerprint density at radius 1 is 1.04 bits per heavy atom. The molecule has 0 amide bonds. The van der Waals surface area contributed by atoms with Crippen LogP contribution in [-0.2, 0) is 13.1 Å². The summed E-state index contributed by atoms with van der Waals surface area (Å²) in [6, 6.07) is 13.9. The Morgan fingerprint density at radius 3 is 2.61 bits per heavy atom. The predicted octanol–water partition coefficient (Wildman–Crippen LogP) is 2.15. The van der Waals surface area contributed by atoms with E-state index in [0.29, 0.717) is 13.1 Å². The first-order valence-electron chi connectivity index (χ1n) is 7.65. The number of hydrogen-bond acceptors (Lipinski definition) is 4. The van der Waals surface area contributed by atoms with Crippen LogP contribution in [0.15, 0.2) is 67.3 Å². The largest absolute Gasteiger partial charge is 0.387 e. The van der Waals surface area contributed by atoms with E-state index in [1.54, 1.807) is 12.4 Å². The highest BCUT2D eigenvalue weighted by atomic mass is 16.3. The normalized spacial score (nSPS) is 12.2. The molecule has 2 N–H and O–H groups in total. The van der Waals surface area contributed by atoms with E-state index in [4.69, 9.17) is 0 Å². The molecular weight excluding hydrogens is 288 g/mol. The summed E-state index contributed by atoms with van der Waals surface area (Å²) in [6.45, 7) is 1.94. The number of hydrogen-bond donors (Lipinski definition) is 2. The van der Waals surface area contributed by atoms with E-state index in [1.807, 2.05) is 47.4 Å². The zero-order valence-corrected chi connectivity index (χ0v) is 12.8. The van der Waals surface area contributed by atoms with Crippen molar-refractivity contribution in [1.82, 2.24) is 20.1 Å². The van der Waals surface area contributed by atoms with Crippen molar-refractivity contribution in [2.75, 3.05) is 6.54 Å². The Hall–Kier alpha value is -2.50. The van der Waals surface area contributed by atoms with Crippen LogP contribution in [0.1, 0.15) is 22.8 Å². The second-order valence-electron chi connectivity index (χ2n) is 5.46. The standard InChI is InChI=1S/C18H20N4O/c23-18(17-6-8-19-9-7-17)12-20-10-16-11-21-22(14-16)13-15-4-2-1-3-5-15/h1-9,11,14,18,20,23H,10,12-13H2. The average molecular weight is 308 g/mol. The fraction of sp³-hybridized carbons (Fsp3) is 0.222. The molecule has 0 aliphatic heterocycles. The third kappa shape index (κ3) is 4.48. The number of nitrogens with zero attached hydrogens (tertiary/aromatic N) is 3. The first-order chi connectivity index (χ1) is 11.3. The Labute approximate surface area is 135 Å². The maximum atomic E-state index is 10.1. The van der Waals surface area contributed by atoms with Crippen molar-refractivity contribution < 1.29 is 5.11 Å². The Morgan fingerprint density at radius 2 is 1.83 bits per heavy atom. The summed E-state index contributed by atoms with van der Waals surface area (Å²) in [6.07, 6.45) is 6.73. The van der Waals surface area contributed by atoms with E-state index < -0.39 is 6.10 Å². The van der Waals surface area contributed by atoms with Crippen LogP contribution in [0, 0.1) is 0 Å². The second kappa shape index (κ2) is 7.67. The smallest absolute Gasteiger partial charge is 0.0915 e. The molecule has 118 valence electrons. The topological polar surface area (TPSA) is 63.0 Å². The van der Waals surface area contributed by atoms with Crippen LogP contribution in [0.3, 0.4) is 0 Å². The molecule has 2 aromatic heterocycles. The molecule has 1 atom stereocenters. The van der Waals surface area contributed by atoms with Gasteiger partial charge in [-0.1, -0.05) is 30.3 Å². The number of pyridine rings is 1. The Balaban J connectivity index is 1.48. The van der Waals surface area contributed by atoms with Gasteiger partial charge < -0.3 is 10.4 Å². The van der Waals surface area contributed by atoms with Crippen LogP contribution in [-0.4, -0.2) is 26.4 Å². The first-order valence-corrected chi connectivity index (χ1v) is 7.65. The first kappa shape index (κ1) is 15.4. The fourth-order valence-corrected chi connectivity index (χ4v) is 2.41. The van der Waals surface area contributed by atoms with Crippen LogP contribution in [0.5, 0.6) is 0 Å². The third-order valence-electron chi connectivity index (χ3n) is 3.63. The van der Waals surface area contributed by atoms with Gasteiger partial charge in [-0.2, -0.15) is 5.10 Å². The summed E-state index contributed by atoms with van der Waals surface area (Å²) in [5, 5.41) is 17.7. The summed E-state index contributed by atoms with van der Waals surface area (Å²) in [5.74, 6) is 0. The van der Waals surface area contributed by atoms with E-state index in [9.17, 15) is 5.11 Å². The van der Waals surface area contributed by atoms with Gasteiger partial charge in [-0.15, -0.1) is 0 Å². The summed E-state index contributed by atoms with van der Waals surface area (Å²) < 4.78 is 1.92. The third-order valence-corrected chi connectivity index (χ3v) is 3.63. The molecule has 2 heterocycles. The molecule has 0 radical (unpaired) electrons. The molecule has 0 aliphatic carbocycles. The summed E-state index contributed by atoms with van der Waals surface area (Å²) in [7, 11) is 0. The van der Waals surface area contributed by atoms with Crippen molar-refractivity contribution in [3.63, 3.8) is 0 Å². The lowest BCUT2D eigenvalue weighted by Gasteiger charge is -2.11. The summed E-state index contributed by atoms with van der Waals surface area (Å²) >= 11 is 0. The molecule has 0 fully saturated rings. The maximum absolute atomic E-state index is 10.1. The molecule has 3 aromatic rings. The highest BCUT2D eigenvalue weighted by Gasteiger charge is 2.06. The summed E-state index contributed by atoms with van der Waals surface area (Å²) in [4.78, 5) is 3.95. The molecule has 5 nitrogen and oxygen atoms in total. The molecule has 0 aliphatic rings. The molecule has 0 saturated carbocycles. The van der Waals surface area contributed by atoms with Gasteiger partial charge in [0.25, 0.3) is 0 Å². The minimum Gasteiger partial charge on any atom is -0.387 e. The molecule has 0 saturated heterocycles. The number of rotatable bonds is 7. The fourth-order valence-electron chi connectivity index (χ4n) is 2.41. The van der Waals surface area contributed by atoms with Crippen molar-refractivity contribution in [3.05, 3.63) is 83.9 Å². The minimum absolute atomic E-state index is 0.494. The summed E-state index contributed by atoms with van der Waals surface area (Å²) in [5.41, 5.74) is 3.19. The van der Waals surface area contributed by atoms with E-state index in [0.717, 1.165) is 17.7 Å². The van der Waals surface area contributed by atoms with E-state index >= 15 is 0 Å². The Bertz CT molecular complexity index is 712. The van der Waals surface area contributed by atoms with Crippen molar-refractivity contribution in [1.29, 1.82) is 0 Å². The molecule has 0 bridgehead atoms. The SMILES string of the molecule is OC(CNCc1cnn(Cc2ccccc2)c1)c1ccncc1. The van der Waals surface area contributed by atoms with Crippen LogP contribution in [0.4, 0.5) is 0 Å². The van der Waals surface area contributed by atoms with Crippen LogP contribution in [0.25, 0.3) is 0 Å². The van der Waals surface area contributed by atoms with Gasteiger partial charge in [0, 0.05) is 37.2 Å². The Kier molecular flexibility index (Phi) is 5.13. The van der Waals surface area contributed by atoms with Gasteiger partial charge in [-0.3, -0.25) is 9.67 Å². The molecule has 1 aromatic carbocycles. The lowest BCUT2D eigenvalue weighted by atomic mass is 10.1. The highest BCUT2D eigenvalue weighted by Crippen LogP contribution is 2.10.